The van der Waals surface area contributed by atoms with E-state index in [0.29, 0.717) is 6.54 Å². The Hall–Kier alpha value is -3.67. The maximum Gasteiger partial charge on any atom is 0.410 e. The summed E-state index contributed by atoms with van der Waals surface area (Å²) >= 11 is 0. The number of amides is 1. The van der Waals surface area contributed by atoms with Crippen LogP contribution in [0.4, 0.5) is 22.4 Å². The van der Waals surface area contributed by atoms with E-state index in [0.717, 1.165) is 11.1 Å². The van der Waals surface area contributed by atoms with E-state index in [9.17, 15) is 31.9 Å². The summed E-state index contributed by atoms with van der Waals surface area (Å²) in [6.07, 6.45) is -1.10. The molecule has 4 aliphatic rings. The normalized spacial score (nSPS) is 28.2. The Kier molecular flexibility index (Phi) is 10.9. The van der Waals surface area contributed by atoms with Gasteiger partial charge in [0, 0.05) is 45.1 Å². The Morgan fingerprint density at radius 2 is 1.17 bits per heavy atom. The third-order valence-electron chi connectivity index (χ3n) is 10.8. The van der Waals surface area contributed by atoms with Crippen LogP contribution < -0.4 is 0 Å². The highest BCUT2D eigenvalue weighted by Crippen LogP contribution is 2.59. The number of halogens is 4. The van der Waals surface area contributed by atoms with Gasteiger partial charge in [0.2, 0.25) is 0 Å². The molecule has 8 nitrogen and oxygen atoms in total. The monoisotopic (exact) mass is 732 g/mol. The zero-order valence-corrected chi connectivity index (χ0v) is 31.2. The summed E-state index contributed by atoms with van der Waals surface area (Å²) in [5.41, 5.74) is -2.05. The Bertz CT molecular complexity index is 1590. The molecule has 0 bridgehead atoms. The summed E-state index contributed by atoms with van der Waals surface area (Å²) in [5.74, 6) is -9.17. The number of benzene rings is 2. The van der Waals surface area contributed by atoms with Gasteiger partial charge in [0.05, 0.1) is 22.7 Å². The molecule has 2 aliphatic carbocycles. The minimum Gasteiger partial charge on any atom is -0.459 e. The highest BCUT2D eigenvalue weighted by atomic mass is 19.3. The third-order valence-corrected chi connectivity index (χ3v) is 10.8. The van der Waals surface area contributed by atoms with Crippen LogP contribution in [-0.2, 0) is 30.4 Å². The third kappa shape index (κ3) is 8.26. The molecule has 0 spiro atoms. The smallest absolute Gasteiger partial charge is 0.410 e. The van der Waals surface area contributed by atoms with Gasteiger partial charge in [-0.25, -0.2) is 22.4 Å². The van der Waals surface area contributed by atoms with Crippen LogP contribution in [0.3, 0.4) is 0 Å². The fourth-order valence-electron chi connectivity index (χ4n) is 8.13. The van der Waals surface area contributed by atoms with Crippen LogP contribution >= 0.6 is 0 Å². The molecule has 2 saturated carbocycles. The predicted molar refractivity (Wildman–Crippen MR) is 187 cm³/mol. The minimum absolute atomic E-state index is 0.00203. The molecule has 1 amide bonds. The summed E-state index contributed by atoms with van der Waals surface area (Å²) in [6.45, 7) is 12.7. The molecule has 2 saturated heterocycles. The van der Waals surface area contributed by atoms with E-state index in [4.69, 9.17) is 14.2 Å². The minimum atomic E-state index is -3.01. The molecule has 6 rings (SSSR count). The van der Waals surface area contributed by atoms with Crippen molar-refractivity contribution in [2.75, 3.05) is 26.2 Å². The molecule has 0 unspecified atom stereocenters. The lowest BCUT2D eigenvalue weighted by molar-refractivity contribution is -0.172. The van der Waals surface area contributed by atoms with Crippen molar-refractivity contribution in [1.29, 1.82) is 0 Å². The standard InChI is InChI=1S/C20H25F2NO4.C20H27F2NO2/c1-18(2,3)27-16(24)19-9-10-20(21,22)15(19)11-23(13-19)17(25)26-12-14-7-5-4-6-8-14;1-14(15-8-6-5-7-9-15)23-12-16-19(13-23,10-11-20(16,21)22)17(24)25-18(2,3)4/h4-8,15H,9-13H2,1-3H3;5-9,14,16H,10-13H2,1-4H3/t15-,19-;14-,16-,19-/m11/s1. The van der Waals surface area contributed by atoms with Crippen molar-refractivity contribution >= 4 is 18.0 Å². The van der Waals surface area contributed by atoms with Gasteiger partial charge in [0.25, 0.3) is 11.8 Å². The van der Waals surface area contributed by atoms with Crippen molar-refractivity contribution in [3.05, 3.63) is 71.8 Å². The Labute approximate surface area is 304 Å². The number of esters is 2. The SMILES string of the molecule is CC(C)(C)OC(=O)[C@@]12CCC(F)(F)[C@@H]1CN(C(=O)OCc1ccccc1)C2.C[C@H](c1ccccc1)N1C[C@H]2C(F)(F)CC[C@@]2(C(=O)OC(C)(C)C)C1. The second kappa shape index (κ2) is 14.3. The van der Waals surface area contributed by atoms with Gasteiger partial charge in [-0.2, -0.15) is 0 Å². The largest absolute Gasteiger partial charge is 0.459 e. The van der Waals surface area contributed by atoms with Crippen molar-refractivity contribution in [1.82, 2.24) is 9.80 Å². The van der Waals surface area contributed by atoms with E-state index < -0.39 is 63.7 Å². The maximum atomic E-state index is 14.5. The number of ether oxygens (including phenoxy) is 3. The molecular weight excluding hydrogens is 680 g/mol. The second-order valence-corrected chi connectivity index (χ2v) is 16.9. The van der Waals surface area contributed by atoms with Crippen molar-refractivity contribution in [3.63, 3.8) is 0 Å². The first-order valence-corrected chi connectivity index (χ1v) is 18.1. The molecule has 286 valence electrons. The maximum absolute atomic E-state index is 14.5. The summed E-state index contributed by atoms with van der Waals surface area (Å²) in [6, 6.07) is 18.9. The van der Waals surface area contributed by atoms with Gasteiger partial charge in [-0.1, -0.05) is 60.7 Å². The van der Waals surface area contributed by atoms with Crippen molar-refractivity contribution < 1.29 is 46.2 Å². The van der Waals surface area contributed by atoms with Gasteiger partial charge in [-0.05, 0) is 72.4 Å². The van der Waals surface area contributed by atoms with E-state index in [1.165, 1.54) is 4.90 Å². The Morgan fingerprint density at radius 3 is 1.67 bits per heavy atom. The summed E-state index contributed by atoms with van der Waals surface area (Å²) in [7, 11) is 0. The van der Waals surface area contributed by atoms with Gasteiger partial charge in [0.1, 0.15) is 17.8 Å². The summed E-state index contributed by atoms with van der Waals surface area (Å²) < 4.78 is 74.2. The van der Waals surface area contributed by atoms with Crippen molar-refractivity contribution in [3.8, 4) is 0 Å². The number of carbonyl (C=O) groups excluding carboxylic acids is 3. The highest BCUT2D eigenvalue weighted by Gasteiger charge is 2.69. The molecule has 2 aliphatic heterocycles. The van der Waals surface area contributed by atoms with Crippen LogP contribution in [0.5, 0.6) is 0 Å². The van der Waals surface area contributed by atoms with E-state index in [1.807, 2.05) is 72.5 Å². The predicted octanol–water partition coefficient (Wildman–Crippen LogP) is 8.45. The summed E-state index contributed by atoms with van der Waals surface area (Å²) in [5, 5.41) is 0. The van der Waals surface area contributed by atoms with Gasteiger partial charge in [0.15, 0.2) is 0 Å². The van der Waals surface area contributed by atoms with E-state index in [-0.39, 0.29) is 58.0 Å². The first-order valence-electron chi connectivity index (χ1n) is 18.1. The number of carbonyl (C=O) groups is 3. The van der Waals surface area contributed by atoms with E-state index in [2.05, 4.69) is 0 Å². The van der Waals surface area contributed by atoms with E-state index in [1.54, 1.807) is 41.5 Å². The molecule has 52 heavy (non-hydrogen) atoms. The average Bonchev–Trinajstić information content (AvgIpc) is 3.79. The molecule has 2 heterocycles. The lowest BCUT2D eigenvalue weighted by atomic mass is 9.80. The molecule has 2 aromatic rings. The summed E-state index contributed by atoms with van der Waals surface area (Å²) in [4.78, 5) is 41.3. The number of nitrogens with zero attached hydrogens (tertiary/aromatic N) is 2. The Balaban J connectivity index is 0.000000202. The van der Waals surface area contributed by atoms with Crippen LogP contribution in [0.2, 0.25) is 0 Å². The first-order chi connectivity index (χ1) is 24.1. The van der Waals surface area contributed by atoms with Crippen LogP contribution in [0.1, 0.15) is 91.3 Å². The molecule has 0 N–H and O–H groups in total. The Morgan fingerprint density at radius 1 is 0.712 bits per heavy atom. The van der Waals surface area contributed by atoms with Crippen molar-refractivity contribution in [2.24, 2.45) is 22.7 Å². The molecular formula is C40H52F4N2O6. The molecule has 2 aromatic carbocycles. The molecule has 0 radical (unpaired) electrons. The van der Waals surface area contributed by atoms with Gasteiger partial charge < -0.3 is 19.1 Å². The second-order valence-electron chi connectivity index (χ2n) is 16.9. The zero-order valence-electron chi connectivity index (χ0n) is 31.2. The lowest BCUT2D eigenvalue weighted by Gasteiger charge is -2.32. The van der Waals surface area contributed by atoms with Gasteiger partial charge in [-0.3, -0.25) is 14.5 Å². The van der Waals surface area contributed by atoms with Crippen LogP contribution in [0.15, 0.2) is 60.7 Å². The van der Waals surface area contributed by atoms with Crippen molar-refractivity contribution in [2.45, 2.75) is 110 Å². The molecule has 12 heteroatoms. The average molecular weight is 733 g/mol. The van der Waals surface area contributed by atoms with E-state index >= 15 is 0 Å². The molecule has 0 aromatic heterocycles. The number of hydrogen-bond donors (Lipinski definition) is 0. The van der Waals surface area contributed by atoms with Gasteiger partial charge >= 0.3 is 18.0 Å². The topological polar surface area (TPSA) is 85.4 Å². The van der Waals surface area contributed by atoms with Gasteiger partial charge in [-0.15, -0.1) is 0 Å². The highest BCUT2D eigenvalue weighted by molar-refractivity contribution is 5.81. The molecule has 4 fully saturated rings. The van der Waals surface area contributed by atoms with Crippen LogP contribution in [-0.4, -0.2) is 77.1 Å². The fourth-order valence-corrected chi connectivity index (χ4v) is 8.13. The number of rotatable bonds is 6. The first kappa shape index (κ1) is 39.5. The number of likely N-dealkylation sites (tertiary alicyclic amines) is 2. The fraction of sp³-hybridized carbons (Fsp3) is 0.625. The quantitative estimate of drug-likeness (QED) is 0.168. The number of hydrogen-bond acceptors (Lipinski definition) is 7. The lowest BCUT2D eigenvalue weighted by Crippen LogP contribution is -2.43. The van der Waals surface area contributed by atoms with Crippen LogP contribution in [0, 0.1) is 22.7 Å². The number of fused-ring (bicyclic) bond motifs is 2. The van der Waals surface area contributed by atoms with Crippen LogP contribution in [0.25, 0.3) is 0 Å². The zero-order chi connectivity index (χ0) is 38.3. The molecule has 5 atom stereocenters. The number of alkyl halides is 4.